The molecule has 5 heteroatoms. The van der Waals surface area contributed by atoms with Gasteiger partial charge in [0.1, 0.15) is 10.0 Å². The lowest BCUT2D eigenvalue weighted by Gasteiger charge is -2.04. The molecule has 4 nitrogen and oxygen atoms in total. The summed E-state index contributed by atoms with van der Waals surface area (Å²) in [6, 6.07) is 0. The van der Waals surface area contributed by atoms with Crippen molar-refractivity contribution in [3.63, 3.8) is 0 Å². The van der Waals surface area contributed by atoms with Crippen LogP contribution in [0, 0.1) is 5.92 Å². The lowest BCUT2D eigenvalue weighted by molar-refractivity contribution is 0.184. The molecule has 0 radical (unpaired) electrons. The second-order valence-electron chi connectivity index (χ2n) is 3.87. The van der Waals surface area contributed by atoms with Crippen LogP contribution in [0.5, 0.6) is 0 Å². The lowest BCUT2D eigenvalue weighted by atomic mass is 10.2. The molecule has 1 N–H and O–H groups in total. The molecular weight excluding hydrogens is 210 g/mol. The molecular formula is C10H19N3OS. The summed E-state index contributed by atoms with van der Waals surface area (Å²) in [5.41, 5.74) is 0. The van der Waals surface area contributed by atoms with Gasteiger partial charge in [-0.2, -0.15) is 0 Å². The van der Waals surface area contributed by atoms with Gasteiger partial charge in [-0.3, -0.25) is 0 Å². The molecule has 0 saturated carbocycles. The monoisotopic (exact) mass is 229 g/mol. The summed E-state index contributed by atoms with van der Waals surface area (Å²) in [6.45, 7) is 7.00. The van der Waals surface area contributed by atoms with Gasteiger partial charge >= 0.3 is 0 Å². The van der Waals surface area contributed by atoms with E-state index in [0.717, 1.165) is 29.5 Å². The van der Waals surface area contributed by atoms with Crippen LogP contribution in [0.3, 0.4) is 0 Å². The Morgan fingerprint density at radius 3 is 2.73 bits per heavy atom. The van der Waals surface area contributed by atoms with E-state index in [4.69, 9.17) is 4.74 Å². The van der Waals surface area contributed by atoms with Gasteiger partial charge in [0.15, 0.2) is 0 Å². The summed E-state index contributed by atoms with van der Waals surface area (Å²) in [4.78, 5) is 0. The Bertz CT molecular complexity index is 275. The molecule has 1 aromatic rings. The number of methoxy groups -OCH3 is 1. The van der Waals surface area contributed by atoms with Gasteiger partial charge in [0.2, 0.25) is 0 Å². The number of nitrogens with one attached hydrogen (secondary N) is 1. The van der Waals surface area contributed by atoms with Crippen molar-refractivity contribution in [3.8, 4) is 0 Å². The first kappa shape index (κ1) is 12.5. The highest BCUT2D eigenvalue weighted by atomic mass is 32.1. The zero-order valence-electron chi connectivity index (χ0n) is 9.62. The number of hydrogen-bond acceptors (Lipinski definition) is 5. The average Bonchev–Trinajstić information content (AvgIpc) is 2.61. The van der Waals surface area contributed by atoms with Gasteiger partial charge in [-0.05, 0) is 12.5 Å². The number of nitrogens with zero attached hydrogens (tertiary/aromatic N) is 2. The maximum absolute atomic E-state index is 4.99. The quantitative estimate of drug-likeness (QED) is 0.719. The molecule has 0 aliphatic heterocycles. The largest absolute Gasteiger partial charge is 0.377 e. The van der Waals surface area contributed by atoms with Crippen molar-refractivity contribution in [1.82, 2.24) is 15.5 Å². The van der Waals surface area contributed by atoms with E-state index in [9.17, 15) is 0 Å². The van der Waals surface area contributed by atoms with Crippen LogP contribution in [0.2, 0.25) is 0 Å². The summed E-state index contributed by atoms with van der Waals surface area (Å²) < 4.78 is 4.99. The molecule has 0 amide bonds. The Morgan fingerprint density at radius 1 is 1.33 bits per heavy atom. The predicted molar refractivity (Wildman–Crippen MR) is 62.0 cm³/mol. The molecule has 0 aliphatic rings. The van der Waals surface area contributed by atoms with Crippen LogP contribution in [0.4, 0.5) is 0 Å². The molecule has 0 fully saturated rings. The molecule has 0 aromatic carbocycles. The van der Waals surface area contributed by atoms with Crippen molar-refractivity contribution in [2.45, 2.75) is 26.9 Å². The molecule has 0 bridgehead atoms. The van der Waals surface area contributed by atoms with E-state index < -0.39 is 0 Å². The summed E-state index contributed by atoms with van der Waals surface area (Å²) in [5.74, 6) is 0.698. The van der Waals surface area contributed by atoms with Gasteiger partial charge in [-0.1, -0.05) is 25.2 Å². The Balaban J connectivity index is 2.19. The van der Waals surface area contributed by atoms with E-state index in [2.05, 4.69) is 29.4 Å². The molecule has 1 aromatic heterocycles. The zero-order chi connectivity index (χ0) is 11.1. The summed E-state index contributed by atoms with van der Waals surface area (Å²) in [7, 11) is 1.67. The summed E-state index contributed by atoms with van der Waals surface area (Å²) in [5, 5.41) is 13.6. The first-order valence-corrected chi connectivity index (χ1v) is 6.05. The molecule has 1 heterocycles. The Hall–Kier alpha value is -0.520. The van der Waals surface area contributed by atoms with Crippen LogP contribution in [0.15, 0.2) is 0 Å². The molecule has 0 unspecified atom stereocenters. The number of rotatable bonds is 7. The van der Waals surface area contributed by atoms with Gasteiger partial charge in [0.05, 0.1) is 6.61 Å². The van der Waals surface area contributed by atoms with E-state index in [1.54, 1.807) is 18.4 Å². The lowest BCUT2D eigenvalue weighted by Crippen LogP contribution is -2.22. The molecule has 86 valence electrons. The third kappa shape index (κ3) is 5.20. The van der Waals surface area contributed by atoms with Gasteiger partial charge in [0.25, 0.3) is 0 Å². The molecule has 0 atom stereocenters. The Kier molecular flexibility index (Phi) is 5.75. The third-order valence-electron chi connectivity index (χ3n) is 1.84. The van der Waals surface area contributed by atoms with Crippen molar-refractivity contribution in [2.24, 2.45) is 5.92 Å². The maximum atomic E-state index is 4.99. The maximum Gasteiger partial charge on any atom is 0.143 e. The fraction of sp³-hybridized carbons (Fsp3) is 0.800. The second kappa shape index (κ2) is 6.87. The first-order valence-electron chi connectivity index (χ1n) is 5.23. The third-order valence-corrected chi connectivity index (χ3v) is 2.80. The predicted octanol–water partition coefficient (Wildman–Crippen LogP) is 1.47. The topological polar surface area (TPSA) is 47.0 Å². The van der Waals surface area contributed by atoms with E-state index in [0.29, 0.717) is 12.5 Å². The Labute approximate surface area is 95.1 Å². The van der Waals surface area contributed by atoms with Gasteiger partial charge in [-0.15, -0.1) is 10.2 Å². The smallest absolute Gasteiger partial charge is 0.143 e. The number of aromatic nitrogens is 2. The van der Waals surface area contributed by atoms with E-state index in [1.807, 2.05) is 0 Å². The molecule has 0 aliphatic carbocycles. The molecule has 15 heavy (non-hydrogen) atoms. The minimum atomic E-state index is 0.567. The molecule has 0 spiro atoms. The average molecular weight is 229 g/mol. The highest BCUT2D eigenvalue weighted by Gasteiger charge is 2.03. The molecule has 0 saturated heterocycles. The second-order valence-corrected chi connectivity index (χ2v) is 5.02. The van der Waals surface area contributed by atoms with Gasteiger partial charge in [0, 0.05) is 20.1 Å². The van der Waals surface area contributed by atoms with Crippen molar-refractivity contribution in [2.75, 3.05) is 20.2 Å². The van der Waals surface area contributed by atoms with Crippen molar-refractivity contribution < 1.29 is 4.74 Å². The minimum absolute atomic E-state index is 0.567. The van der Waals surface area contributed by atoms with Crippen LogP contribution in [0.1, 0.15) is 23.9 Å². The summed E-state index contributed by atoms with van der Waals surface area (Å²) >= 11 is 1.63. The fourth-order valence-corrected chi connectivity index (χ4v) is 1.97. The van der Waals surface area contributed by atoms with E-state index >= 15 is 0 Å². The van der Waals surface area contributed by atoms with E-state index in [-0.39, 0.29) is 0 Å². The van der Waals surface area contributed by atoms with Crippen LogP contribution >= 0.6 is 11.3 Å². The van der Waals surface area contributed by atoms with Crippen molar-refractivity contribution in [3.05, 3.63) is 10.0 Å². The van der Waals surface area contributed by atoms with Crippen LogP contribution < -0.4 is 5.32 Å². The minimum Gasteiger partial charge on any atom is -0.377 e. The number of ether oxygens (including phenoxy) is 1. The van der Waals surface area contributed by atoms with Crippen LogP contribution in [-0.2, 0) is 17.8 Å². The van der Waals surface area contributed by atoms with E-state index in [1.165, 1.54) is 0 Å². The van der Waals surface area contributed by atoms with Crippen LogP contribution in [-0.4, -0.2) is 30.4 Å². The Morgan fingerprint density at radius 2 is 2.07 bits per heavy atom. The van der Waals surface area contributed by atoms with Crippen molar-refractivity contribution >= 4 is 11.3 Å². The van der Waals surface area contributed by atoms with Gasteiger partial charge < -0.3 is 10.1 Å². The standard InChI is InChI=1S/C10H19N3OS/c1-8(2)6-11-5-4-9-12-13-10(15-9)7-14-3/h8,11H,4-7H2,1-3H3. The first-order chi connectivity index (χ1) is 7.22. The SMILES string of the molecule is COCc1nnc(CCNCC(C)C)s1. The fourth-order valence-electron chi connectivity index (χ4n) is 1.16. The number of hydrogen-bond donors (Lipinski definition) is 1. The highest BCUT2D eigenvalue weighted by molar-refractivity contribution is 7.11. The van der Waals surface area contributed by atoms with Crippen LogP contribution in [0.25, 0.3) is 0 Å². The zero-order valence-corrected chi connectivity index (χ0v) is 10.4. The summed E-state index contributed by atoms with van der Waals surface area (Å²) in [6.07, 6.45) is 0.952. The van der Waals surface area contributed by atoms with Crippen molar-refractivity contribution in [1.29, 1.82) is 0 Å². The normalized spacial score (nSPS) is 11.2. The molecule has 1 rings (SSSR count). The highest BCUT2D eigenvalue weighted by Crippen LogP contribution is 2.10. The van der Waals surface area contributed by atoms with Gasteiger partial charge in [-0.25, -0.2) is 0 Å².